The van der Waals surface area contributed by atoms with E-state index >= 15 is 0 Å². The van der Waals surface area contributed by atoms with Gasteiger partial charge in [-0.25, -0.2) is 32.3 Å². The Bertz CT molecular complexity index is 1520. The van der Waals surface area contributed by atoms with Crippen LogP contribution in [0.5, 0.6) is 11.5 Å². The van der Waals surface area contributed by atoms with Gasteiger partial charge in [-0.05, 0) is 55.2 Å². The Morgan fingerprint density at radius 3 is 2.31 bits per heavy atom. The van der Waals surface area contributed by atoms with Gasteiger partial charge in [-0.2, -0.15) is 0 Å². The number of aromatic nitrogens is 2. The van der Waals surface area contributed by atoms with Crippen molar-refractivity contribution in [3.8, 4) is 11.5 Å². The van der Waals surface area contributed by atoms with E-state index in [0.717, 1.165) is 31.5 Å². The molecule has 1 spiro atoms. The molecule has 2 aliphatic rings. The van der Waals surface area contributed by atoms with Gasteiger partial charge >= 0.3 is 6.09 Å². The number of hydrogen-bond donors (Lipinski definition) is 3. The molecule has 3 N–H and O–H groups in total. The first-order chi connectivity index (χ1) is 21.3. The Labute approximate surface area is 259 Å². The van der Waals surface area contributed by atoms with Crippen LogP contribution in [0.4, 0.5) is 34.0 Å². The normalized spacial score (nSPS) is 19.8. The summed E-state index contributed by atoms with van der Waals surface area (Å²) in [5.74, 6) is -5.23. The van der Waals surface area contributed by atoms with Crippen LogP contribution in [-0.2, 0) is 6.61 Å². The Balaban J connectivity index is 1.33. The lowest BCUT2D eigenvalue weighted by atomic mass is 9.55. The molecule has 1 aromatic heterocycles. The molecule has 3 aromatic rings. The first-order valence-corrected chi connectivity index (χ1v) is 14.7. The van der Waals surface area contributed by atoms with Gasteiger partial charge in [0, 0.05) is 29.9 Å². The summed E-state index contributed by atoms with van der Waals surface area (Å²) < 4.78 is 65.8. The minimum absolute atomic E-state index is 0.0138. The number of benzene rings is 2. The van der Waals surface area contributed by atoms with Crippen molar-refractivity contribution < 1.29 is 36.9 Å². The van der Waals surface area contributed by atoms with E-state index in [9.17, 15) is 27.5 Å². The molecule has 2 aromatic carbocycles. The lowest BCUT2D eigenvalue weighted by Gasteiger charge is -2.57. The van der Waals surface area contributed by atoms with Gasteiger partial charge in [0.1, 0.15) is 12.4 Å². The van der Waals surface area contributed by atoms with Gasteiger partial charge in [0.25, 0.3) is 0 Å². The summed E-state index contributed by atoms with van der Waals surface area (Å²) in [5.41, 5.74) is 0.374. The van der Waals surface area contributed by atoms with Gasteiger partial charge < -0.3 is 30.1 Å². The zero-order valence-electron chi connectivity index (χ0n) is 25.6. The third-order valence-corrected chi connectivity index (χ3v) is 9.05. The van der Waals surface area contributed by atoms with Crippen LogP contribution in [-0.4, -0.2) is 52.8 Å². The number of piperidine rings is 2. The van der Waals surface area contributed by atoms with Crippen LogP contribution in [0.15, 0.2) is 36.7 Å². The maximum Gasteiger partial charge on any atom is 0.407 e. The predicted molar refractivity (Wildman–Crippen MR) is 158 cm³/mol. The fourth-order valence-electron chi connectivity index (χ4n) is 6.87. The lowest BCUT2D eigenvalue weighted by molar-refractivity contribution is -0.0665. The van der Waals surface area contributed by atoms with Crippen LogP contribution < -0.4 is 20.1 Å². The summed E-state index contributed by atoms with van der Waals surface area (Å²) in [6.45, 7) is 8.02. The number of nitrogens with zero attached hydrogens (tertiary/aromatic N) is 3. The van der Waals surface area contributed by atoms with Crippen molar-refractivity contribution in [1.82, 2.24) is 20.2 Å². The topological polar surface area (TPSA) is 109 Å². The summed E-state index contributed by atoms with van der Waals surface area (Å²) >= 11 is 0. The fourth-order valence-corrected chi connectivity index (χ4v) is 6.87. The molecule has 2 unspecified atom stereocenters. The highest BCUT2D eigenvalue weighted by atomic mass is 19.2. The van der Waals surface area contributed by atoms with Gasteiger partial charge in [-0.3, -0.25) is 0 Å². The van der Waals surface area contributed by atoms with E-state index in [1.165, 1.54) is 19.5 Å². The molecule has 0 aliphatic carbocycles. The SMILES string of the molecule is COc1cc(Nc2ncc(OCc3c(F)c(F)cc(F)c3F)cn2)ccc1C1CC2(CCNCC2)C(C(C)(C)C)CN1C(=O)O. The van der Waals surface area contributed by atoms with Crippen molar-refractivity contribution in [1.29, 1.82) is 0 Å². The third-order valence-electron chi connectivity index (χ3n) is 9.05. The molecule has 5 rings (SSSR count). The van der Waals surface area contributed by atoms with E-state index in [1.54, 1.807) is 17.0 Å². The Hall–Kier alpha value is -4.13. The molecular weight excluding hydrogens is 594 g/mol. The number of hydrogen-bond acceptors (Lipinski definition) is 7. The zero-order valence-corrected chi connectivity index (χ0v) is 25.6. The average molecular weight is 632 g/mol. The summed E-state index contributed by atoms with van der Waals surface area (Å²) in [4.78, 5) is 22.4. The molecule has 0 bridgehead atoms. The van der Waals surface area contributed by atoms with Crippen molar-refractivity contribution in [3.63, 3.8) is 0 Å². The predicted octanol–water partition coefficient (Wildman–Crippen LogP) is 6.82. The van der Waals surface area contributed by atoms with Crippen LogP contribution in [0.3, 0.4) is 0 Å². The van der Waals surface area contributed by atoms with E-state index in [4.69, 9.17) is 9.47 Å². The standard InChI is InChI=1S/C32H37F4N5O4/c1-31(2,3)26-16-41(30(42)43)24(13-32(26)7-9-37-10-8-32)20-6-5-18(11-25(20)44-4)40-29-38-14-19(15-39-29)45-17-21-27(35)22(33)12-23(34)28(21)36/h5-6,11-12,14-15,24,26,37H,7-10,13,16-17H2,1-4H3,(H,42,43)(H,38,39,40). The van der Waals surface area contributed by atoms with Gasteiger partial charge in [-0.15, -0.1) is 0 Å². The van der Waals surface area contributed by atoms with E-state index in [-0.39, 0.29) is 34.5 Å². The zero-order chi connectivity index (χ0) is 32.5. The lowest BCUT2D eigenvalue weighted by Crippen LogP contribution is -2.57. The van der Waals surface area contributed by atoms with Gasteiger partial charge in [0.05, 0.1) is 31.1 Å². The van der Waals surface area contributed by atoms with Crippen LogP contribution in [0.2, 0.25) is 0 Å². The fraction of sp³-hybridized carbons (Fsp3) is 0.469. The van der Waals surface area contributed by atoms with Crippen LogP contribution in [0.25, 0.3) is 0 Å². The largest absolute Gasteiger partial charge is 0.496 e. The van der Waals surface area contributed by atoms with E-state index in [1.807, 2.05) is 6.07 Å². The van der Waals surface area contributed by atoms with Gasteiger partial charge in [0.2, 0.25) is 5.95 Å². The number of nitrogens with one attached hydrogen (secondary N) is 2. The van der Waals surface area contributed by atoms with E-state index in [0.29, 0.717) is 24.4 Å². The van der Waals surface area contributed by atoms with E-state index in [2.05, 4.69) is 41.4 Å². The molecule has 9 nitrogen and oxygen atoms in total. The number of methoxy groups -OCH3 is 1. The first-order valence-electron chi connectivity index (χ1n) is 14.7. The number of likely N-dealkylation sites (tertiary alicyclic amines) is 1. The summed E-state index contributed by atoms with van der Waals surface area (Å²) in [6.07, 6.45) is 4.15. The Morgan fingerprint density at radius 2 is 1.73 bits per heavy atom. The molecule has 13 heteroatoms. The minimum atomic E-state index is -1.54. The maximum atomic E-state index is 13.9. The second-order valence-electron chi connectivity index (χ2n) is 12.7. The minimum Gasteiger partial charge on any atom is -0.496 e. The molecule has 0 radical (unpaired) electrons. The highest BCUT2D eigenvalue weighted by Gasteiger charge is 2.52. The smallest absolute Gasteiger partial charge is 0.407 e. The van der Waals surface area contributed by atoms with Gasteiger partial charge in [0.15, 0.2) is 29.0 Å². The van der Waals surface area contributed by atoms with Crippen molar-refractivity contribution in [2.75, 3.05) is 32.1 Å². The van der Waals surface area contributed by atoms with Crippen molar-refractivity contribution in [2.45, 2.75) is 52.7 Å². The average Bonchev–Trinajstić information content (AvgIpc) is 3.00. The first kappa shape index (κ1) is 32.3. The Morgan fingerprint density at radius 1 is 1.09 bits per heavy atom. The highest BCUT2D eigenvalue weighted by Crippen LogP contribution is 2.56. The molecule has 1 amide bonds. The third kappa shape index (κ3) is 6.63. The maximum absolute atomic E-state index is 13.9. The van der Waals surface area contributed by atoms with E-state index < -0.39 is 47.6 Å². The number of anilines is 2. The van der Waals surface area contributed by atoms with Crippen molar-refractivity contribution in [2.24, 2.45) is 16.7 Å². The number of carboxylic acid groups (broad SMARTS) is 1. The van der Waals surface area contributed by atoms with Crippen molar-refractivity contribution >= 4 is 17.7 Å². The summed E-state index contributed by atoms with van der Waals surface area (Å²) in [5, 5.41) is 16.8. The van der Waals surface area contributed by atoms with Crippen molar-refractivity contribution in [3.05, 3.63) is 71.1 Å². The van der Waals surface area contributed by atoms with Crippen LogP contribution >= 0.6 is 0 Å². The molecule has 0 saturated carbocycles. The Kier molecular flexibility index (Phi) is 9.11. The molecule has 2 atom stereocenters. The quantitative estimate of drug-likeness (QED) is 0.193. The molecule has 2 saturated heterocycles. The van der Waals surface area contributed by atoms with Crippen LogP contribution in [0.1, 0.15) is 57.2 Å². The molecular formula is C32H37F4N5O4. The highest BCUT2D eigenvalue weighted by molar-refractivity contribution is 5.67. The number of halogens is 4. The number of amides is 1. The molecule has 242 valence electrons. The number of carbonyl (C=O) groups is 1. The summed E-state index contributed by atoms with van der Waals surface area (Å²) in [6, 6.07) is 5.13. The number of rotatable bonds is 7. The second-order valence-corrected chi connectivity index (χ2v) is 12.7. The molecule has 2 aliphatic heterocycles. The van der Waals surface area contributed by atoms with Crippen LogP contribution in [0, 0.1) is 40.0 Å². The summed E-state index contributed by atoms with van der Waals surface area (Å²) in [7, 11) is 1.54. The van der Waals surface area contributed by atoms with Gasteiger partial charge in [-0.1, -0.05) is 26.8 Å². The number of ether oxygens (including phenoxy) is 2. The monoisotopic (exact) mass is 631 g/mol. The molecule has 3 heterocycles. The second kappa shape index (κ2) is 12.7. The molecule has 2 fully saturated rings. The molecule has 45 heavy (non-hydrogen) atoms.